The molecule has 0 unspecified atom stereocenters. The van der Waals surface area contributed by atoms with E-state index in [2.05, 4.69) is 25.8 Å². The minimum Gasteiger partial charge on any atom is -0.503 e. The van der Waals surface area contributed by atoms with Gasteiger partial charge in [0.25, 0.3) is 5.91 Å². The number of rotatable bonds is 7. The summed E-state index contributed by atoms with van der Waals surface area (Å²) < 4.78 is 7.04. The lowest BCUT2D eigenvalue weighted by Gasteiger charge is -2.08. The van der Waals surface area contributed by atoms with Gasteiger partial charge in [-0.2, -0.15) is 0 Å². The van der Waals surface area contributed by atoms with Crippen LogP contribution in [-0.2, 0) is 11.3 Å². The van der Waals surface area contributed by atoms with E-state index >= 15 is 0 Å². The lowest BCUT2D eigenvalue weighted by molar-refractivity contribution is -0.135. The molecule has 3 N–H and O–H groups in total. The van der Waals surface area contributed by atoms with Gasteiger partial charge in [0.2, 0.25) is 5.58 Å². The molecule has 5 aromatic rings. The molecule has 11 heteroatoms. The molecule has 0 aliphatic rings. The van der Waals surface area contributed by atoms with Gasteiger partial charge in [-0.15, -0.1) is 5.10 Å². The Hall–Kier alpha value is -5.06. The van der Waals surface area contributed by atoms with E-state index in [-0.39, 0.29) is 11.3 Å². The first kappa shape index (κ1) is 21.8. The van der Waals surface area contributed by atoms with E-state index < -0.39 is 29.9 Å². The molecule has 174 valence electrons. The van der Waals surface area contributed by atoms with E-state index in [1.165, 1.54) is 0 Å². The van der Waals surface area contributed by atoms with Crippen LogP contribution in [0.4, 0.5) is 0 Å². The maximum absolute atomic E-state index is 12.6. The third kappa shape index (κ3) is 4.29. The third-order valence-corrected chi connectivity index (χ3v) is 5.22. The number of amides is 1. The number of aromatic nitrogens is 5. The van der Waals surface area contributed by atoms with E-state index in [1.807, 2.05) is 60.7 Å². The SMILES string of the molecule is O=C(O)CNC(=O)c1nc(-c2cn(Cc3ccccc3)nn2)c2c(-c3ccccc3)noc2c1O. The maximum Gasteiger partial charge on any atom is 0.322 e. The Morgan fingerprint density at radius 2 is 1.71 bits per heavy atom. The van der Waals surface area contributed by atoms with Crippen molar-refractivity contribution >= 4 is 22.8 Å². The summed E-state index contributed by atoms with van der Waals surface area (Å²) in [6, 6.07) is 18.8. The average molecular weight is 470 g/mol. The summed E-state index contributed by atoms with van der Waals surface area (Å²) in [6.45, 7) is -0.192. The average Bonchev–Trinajstić information content (AvgIpc) is 3.52. The highest BCUT2D eigenvalue weighted by Gasteiger charge is 2.27. The lowest BCUT2D eigenvalue weighted by Crippen LogP contribution is -2.30. The van der Waals surface area contributed by atoms with E-state index in [1.54, 1.807) is 10.9 Å². The second-order valence-electron chi connectivity index (χ2n) is 7.62. The fraction of sp³-hybridized carbons (Fsp3) is 0.0833. The second kappa shape index (κ2) is 9.06. The summed E-state index contributed by atoms with van der Waals surface area (Å²) in [4.78, 5) is 27.9. The van der Waals surface area contributed by atoms with Crippen LogP contribution < -0.4 is 5.32 Å². The molecule has 0 radical (unpaired) electrons. The Kier molecular flexibility index (Phi) is 5.63. The molecule has 0 bridgehead atoms. The minimum absolute atomic E-state index is 0.0769. The van der Waals surface area contributed by atoms with Gasteiger partial charge in [-0.3, -0.25) is 9.59 Å². The Balaban J connectivity index is 1.65. The number of carboxylic acids is 1. The number of carboxylic acid groups (broad SMARTS) is 1. The molecule has 35 heavy (non-hydrogen) atoms. The van der Waals surface area contributed by atoms with Crippen LogP contribution in [0.25, 0.3) is 33.6 Å². The molecule has 2 aromatic carbocycles. The van der Waals surface area contributed by atoms with E-state index in [9.17, 15) is 14.7 Å². The number of carbonyl (C=O) groups excluding carboxylic acids is 1. The molecule has 0 fully saturated rings. The zero-order valence-electron chi connectivity index (χ0n) is 18.1. The van der Waals surface area contributed by atoms with Crippen LogP contribution in [0.1, 0.15) is 16.1 Å². The van der Waals surface area contributed by atoms with Gasteiger partial charge in [0.05, 0.1) is 18.1 Å². The smallest absolute Gasteiger partial charge is 0.322 e. The van der Waals surface area contributed by atoms with Crippen molar-refractivity contribution in [2.24, 2.45) is 0 Å². The molecule has 0 aliphatic carbocycles. The first-order chi connectivity index (χ1) is 17.0. The highest BCUT2D eigenvalue weighted by molar-refractivity contribution is 6.08. The second-order valence-corrected chi connectivity index (χ2v) is 7.62. The van der Waals surface area contributed by atoms with E-state index in [4.69, 9.17) is 9.63 Å². The Labute approximate surface area is 197 Å². The van der Waals surface area contributed by atoms with Gasteiger partial charge in [-0.1, -0.05) is 71.0 Å². The van der Waals surface area contributed by atoms with Crippen LogP contribution >= 0.6 is 0 Å². The Morgan fingerprint density at radius 1 is 1.00 bits per heavy atom. The Bertz CT molecular complexity index is 1530. The molecule has 0 aliphatic heterocycles. The highest BCUT2D eigenvalue weighted by Crippen LogP contribution is 2.39. The van der Waals surface area contributed by atoms with Gasteiger partial charge in [0, 0.05) is 5.56 Å². The number of nitrogens with one attached hydrogen (secondary N) is 1. The lowest BCUT2D eigenvalue weighted by atomic mass is 10.0. The molecule has 0 atom stereocenters. The van der Waals surface area contributed by atoms with Crippen molar-refractivity contribution in [3.05, 3.63) is 78.1 Å². The first-order valence-corrected chi connectivity index (χ1v) is 10.5. The van der Waals surface area contributed by atoms with Crippen LogP contribution in [0.15, 0.2) is 71.4 Å². The van der Waals surface area contributed by atoms with Gasteiger partial charge in [0.1, 0.15) is 23.6 Å². The van der Waals surface area contributed by atoms with E-state index in [0.717, 1.165) is 5.56 Å². The molecule has 3 aromatic heterocycles. The number of hydrogen-bond donors (Lipinski definition) is 3. The van der Waals surface area contributed by atoms with E-state index in [0.29, 0.717) is 28.9 Å². The van der Waals surface area contributed by atoms with Gasteiger partial charge in [0.15, 0.2) is 11.4 Å². The highest BCUT2D eigenvalue weighted by atomic mass is 16.5. The molecule has 3 heterocycles. The number of pyridine rings is 1. The Morgan fingerprint density at radius 3 is 2.43 bits per heavy atom. The van der Waals surface area contributed by atoms with Crippen LogP contribution in [0.3, 0.4) is 0 Å². The molecule has 11 nitrogen and oxygen atoms in total. The fourth-order valence-corrected chi connectivity index (χ4v) is 3.63. The normalized spacial score (nSPS) is 11.0. The number of aliphatic carboxylic acids is 1. The molecular weight excluding hydrogens is 452 g/mol. The summed E-state index contributed by atoms with van der Waals surface area (Å²) >= 11 is 0. The molecule has 1 amide bonds. The molecule has 0 spiro atoms. The van der Waals surface area contributed by atoms with Gasteiger partial charge < -0.3 is 20.1 Å². The zero-order chi connectivity index (χ0) is 24.4. The standard InChI is InChI=1S/C24H18N6O5/c31-17(32)11-25-24(34)21-22(33)23-18(19(28-35-23)15-9-5-2-6-10-15)20(26-21)16-13-30(29-27-16)12-14-7-3-1-4-8-14/h1-10,13,33H,11-12H2,(H,25,34)(H,31,32). The number of nitrogens with zero attached hydrogens (tertiary/aromatic N) is 5. The largest absolute Gasteiger partial charge is 0.503 e. The van der Waals surface area contributed by atoms with Gasteiger partial charge in [-0.25, -0.2) is 9.67 Å². The topological polar surface area (TPSA) is 156 Å². The van der Waals surface area contributed by atoms with Crippen molar-refractivity contribution in [2.75, 3.05) is 6.54 Å². The number of fused-ring (bicyclic) bond motifs is 1. The number of carbonyl (C=O) groups is 2. The van der Waals surface area contributed by atoms with Crippen molar-refractivity contribution in [3.63, 3.8) is 0 Å². The van der Waals surface area contributed by atoms with Crippen LogP contribution in [0, 0.1) is 0 Å². The maximum atomic E-state index is 12.6. The summed E-state index contributed by atoms with van der Waals surface area (Å²) in [7, 11) is 0. The van der Waals surface area contributed by atoms with Crippen molar-refractivity contribution in [1.82, 2.24) is 30.5 Å². The summed E-state index contributed by atoms with van der Waals surface area (Å²) in [5, 5.41) is 34.7. The molecule has 0 saturated heterocycles. The van der Waals surface area contributed by atoms with Gasteiger partial charge >= 0.3 is 5.97 Å². The van der Waals surface area contributed by atoms with Crippen molar-refractivity contribution in [1.29, 1.82) is 0 Å². The van der Waals surface area contributed by atoms with Crippen molar-refractivity contribution in [2.45, 2.75) is 6.54 Å². The number of aromatic hydroxyl groups is 1. The van der Waals surface area contributed by atoms with Crippen molar-refractivity contribution < 1.29 is 24.3 Å². The molecule has 0 saturated carbocycles. The molecule has 5 rings (SSSR count). The third-order valence-electron chi connectivity index (χ3n) is 5.22. The van der Waals surface area contributed by atoms with Gasteiger partial charge in [-0.05, 0) is 5.56 Å². The monoisotopic (exact) mass is 470 g/mol. The minimum atomic E-state index is -1.24. The van der Waals surface area contributed by atoms with Crippen molar-refractivity contribution in [3.8, 4) is 28.4 Å². The first-order valence-electron chi connectivity index (χ1n) is 10.5. The van der Waals surface area contributed by atoms with Crippen LogP contribution in [-0.4, -0.2) is 53.8 Å². The molecular formula is C24H18N6O5. The number of benzene rings is 2. The predicted molar refractivity (Wildman–Crippen MR) is 123 cm³/mol. The summed E-state index contributed by atoms with van der Waals surface area (Å²) in [5.74, 6) is -2.69. The number of hydrogen-bond acceptors (Lipinski definition) is 8. The fourth-order valence-electron chi connectivity index (χ4n) is 3.63. The van der Waals surface area contributed by atoms with Crippen LogP contribution in [0.2, 0.25) is 0 Å². The van der Waals surface area contributed by atoms with Crippen LogP contribution in [0.5, 0.6) is 5.75 Å². The predicted octanol–water partition coefficient (Wildman–Crippen LogP) is 2.72. The zero-order valence-corrected chi connectivity index (χ0v) is 18.1. The summed E-state index contributed by atoms with van der Waals surface area (Å²) in [6.07, 6.45) is 1.66. The summed E-state index contributed by atoms with van der Waals surface area (Å²) in [5.41, 5.74) is 2.14. The quantitative estimate of drug-likeness (QED) is 0.325.